The van der Waals surface area contributed by atoms with Crippen molar-refractivity contribution in [3.8, 4) is 0 Å². The van der Waals surface area contributed by atoms with Gasteiger partial charge in [0.1, 0.15) is 0 Å². The van der Waals surface area contributed by atoms with Gasteiger partial charge in [0.15, 0.2) is 0 Å². The first-order chi connectivity index (χ1) is 5.29. The van der Waals surface area contributed by atoms with Crippen LogP contribution in [0.2, 0.25) is 0 Å². The van der Waals surface area contributed by atoms with E-state index in [1.165, 1.54) is 0 Å². The maximum absolute atomic E-state index is 11.5. The van der Waals surface area contributed by atoms with Crippen molar-refractivity contribution in [2.75, 3.05) is 19.6 Å². The lowest BCUT2D eigenvalue weighted by molar-refractivity contribution is -0.134. The van der Waals surface area contributed by atoms with Crippen molar-refractivity contribution in [3.63, 3.8) is 0 Å². The zero-order valence-corrected chi connectivity index (χ0v) is 7.26. The topological polar surface area (TPSA) is 32.3 Å². The number of nitrogens with zero attached hydrogens (tertiary/aromatic N) is 1. The molecule has 1 atom stereocenters. The highest BCUT2D eigenvalue weighted by atomic mass is 16.2. The number of likely N-dealkylation sites (N-methyl/N-ethyl adjacent to an activating group) is 1. The Morgan fingerprint density at radius 2 is 2.09 bits per heavy atom. The van der Waals surface area contributed by atoms with Crippen LogP contribution >= 0.6 is 0 Å². The number of hydrogen-bond donors (Lipinski definition) is 1. The van der Waals surface area contributed by atoms with Gasteiger partial charge in [0.25, 0.3) is 0 Å². The number of carbonyl (C=O) groups is 1. The molecule has 1 rings (SSSR count). The first kappa shape index (κ1) is 8.53. The molecule has 0 aliphatic carbocycles. The monoisotopic (exact) mass is 156 g/mol. The Hall–Kier alpha value is -0.570. The smallest absolute Gasteiger partial charge is 0.239 e. The third kappa shape index (κ3) is 1.71. The molecule has 0 aromatic heterocycles. The van der Waals surface area contributed by atoms with Crippen LogP contribution in [0.4, 0.5) is 0 Å². The molecule has 1 heterocycles. The second-order valence-electron chi connectivity index (χ2n) is 2.81. The Morgan fingerprint density at radius 3 is 2.36 bits per heavy atom. The second kappa shape index (κ2) is 3.72. The number of nitrogens with one attached hydrogen (secondary N) is 1. The number of amides is 1. The number of hydrogen-bond acceptors (Lipinski definition) is 2. The maximum atomic E-state index is 11.5. The Balaban J connectivity index is 2.36. The number of rotatable bonds is 3. The molecule has 1 unspecified atom stereocenters. The number of carbonyl (C=O) groups excluding carboxylic acids is 1. The molecule has 0 spiro atoms. The van der Waals surface area contributed by atoms with E-state index in [4.69, 9.17) is 0 Å². The second-order valence-corrected chi connectivity index (χ2v) is 2.81. The molecule has 1 fully saturated rings. The van der Waals surface area contributed by atoms with Crippen LogP contribution in [-0.4, -0.2) is 36.5 Å². The third-order valence-electron chi connectivity index (χ3n) is 2.20. The van der Waals surface area contributed by atoms with E-state index in [1.54, 1.807) is 0 Å². The fourth-order valence-corrected chi connectivity index (χ4v) is 1.26. The summed E-state index contributed by atoms with van der Waals surface area (Å²) in [7, 11) is 0. The summed E-state index contributed by atoms with van der Waals surface area (Å²) in [6.45, 7) is 6.68. The molecule has 0 aromatic carbocycles. The molecule has 3 heteroatoms. The van der Waals surface area contributed by atoms with E-state index in [0.717, 1.165) is 26.1 Å². The molecule has 1 saturated heterocycles. The lowest BCUT2D eigenvalue weighted by Gasteiger charge is -2.31. The fourth-order valence-electron chi connectivity index (χ4n) is 1.26. The van der Waals surface area contributed by atoms with Crippen molar-refractivity contribution in [1.82, 2.24) is 10.2 Å². The molecular formula is C8H16N2O. The predicted molar refractivity (Wildman–Crippen MR) is 44.3 cm³/mol. The van der Waals surface area contributed by atoms with Crippen LogP contribution in [0, 0.1) is 0 Å². The molecule has 1 aliphatic heterocycles. The average molecular weight is 156 g/mol. The highest BCUT2D eigenvalue weighted by molar-refractivity contribution is 5.82. The van der Waals surface area contributed by atoms with Crippen molar-refractivity contribution >= 4 is 5.91 Å². The van der Waals surface area contributed by atoms with Gasteiger partial charge < -0.3 is 10.2 Å². The lowest BCUT2D eigenvalue weighted by Crippen LogP contribution is -2.54. The van der Waals surface area contributed by atoms with Crippen molar-refractivity contribution in [2.24, 2.45) is 0 Å². The summed E-state index contributed by atoms with van der Waals surface area (Å²) in [5.74, 6) is 0.265. The molecule has 1 amide bonds. The van der Waals surface area contributed by atoms with Crippen molar-refractivity contribution in [3.05, 3.63) is 0 Å². The molecule has 64 valence electrons. The van der Waals surface area contributed by atoms with Gasteiger partial charge in [0, 0.05) is 13.1 Å². The summed E-state index contributed by atoms with van der Waals surface area (Å²) in [5.41, 5.74) is 0. The van der Waals surface area contributed by atoms with Crippen molar-refractivity contribution in [1.29, 1.82) is 0 Å². The Labute approximate surface area is 67.8 Å². The summed E-state index contributed by atoms with van der Waals surface area (Å²) in [6.07, 6.45) is 1.01. The minimum atomic E-state index is 0.120. The zero-order chi connectivity index (χ0) is 8.27. The highest BCUT2D eigenvalue weighted by Crippen LogP contribution is 2.05. The van der Waals surface area contributed by atoms with Crippen molar-refractivity contribution < 1.29 is 4.79 Å². The van der Waals surface area contributed by atoms with Crippen LogP contribution < -0.4 is 5.32 Å². The molecule has 1 N–H and O–H groups in total. The van der Waals surface area contributed by atoms with Crippen LogP contribution in [0.5, 0.6) is 0 Å². The summed E-state index contributed by atoms with van der Waals surface area (Å²) >= 11 is 0. The summed E-state index contributed by atoms with van der Waals surface area (Å²) in [6, 6.07) is 0.120. The molecule has 11 heavy (non-hydrogen) atoms. The van der Waals surface area contributed by atoms with E-state index in [0.29, 0.717) is 0 Å². The quantitative estimate of drug-likeness (QED) is 0.634. The standard InChI is InChI=1S/C8H16N2O/c1-3-10(4-2)8(11)7-5-6-9-7/h7,9H,3-6H2,1-2H3. The van der Waals surface area contributed by atoms with E-state index >= 15 is 0 Å². The zero-order valence-electron chi connectivity index (χ0n) is 7.26. The van der Waals surface area contributed by atoms with Crippen LogP contribution in [0.25, 0.3) is 0 Å². The SMILES string of the molecule is CCN(CC)C(=O)C1CCN1. The van der Waals surface area contributed by atoms with E-state index in [-0.39, 0.29) is 11.9 Å². The normalized spacial score (nSPS) is 22.5. The van der Waals surface area contributed by atoms with Crippen molar-refractivity contribution in [2.45, 2.75) is 26.3 Å². The average Bonchev–Trinajstić information content (AvgIpc) is 1.86. The predicted octanol–water partition coefficient (Wildman–Crippen LogP) is 0.217. The minimum absolute atomic E-state index is 0.120. The van der Waals surface area contributed by atoms with Gasteiger partial charge in [0.2, 0.25) is 5.91 Å². The van der Waals surface area contributed by atoms with Gasteiger partial charge in [-0.05, 0) is 26.8 Å². The van der Waals surface area contributed by atoms with E-state index < -0.39 is 0 Å². The summed E-state index contributed by atoms with van der Waals surface area (Å²) in [5, 5.41) is 3.10. The summed E-state index contributed by atoms with van der Waals surface area (Å²) in [4.78, 5) is 13.3. The van der Waals surface area contributed by atoms with Crippen LogP contribution in [0.1, 0.15) is 20.3 Å². The third-order valence-corrected chi connectivity index (χ3v) is 2.20. The van der Waals surface area contributed by atoms with Crippen LogP contribution in [0.15, 0.2) is 0 Å². The van der Waals surface area contributed by atoms with Gasteiger partial charge in [-0.1, -0.05) is 0 Å². The first-order valence-corrected chi connectivity index (χ1v) is 4.31. The van der Waals surface area contributed by atoms with Crippen LogP contribution in [0.3, 0.4) is 0 Å². The van der Waals surface area contributed by atoms with E-state index in [9.17, 15) is 4.79 Å². The highest BCUT2D eigenvalue weighted by Gasteiger charge is 2.27. The fraction of sp³-hybridized carbons (Fsp3) is 0.875. The van der Waals surface area contributed by atoms with Gasteiger partial charge in [-0.15, -0.1) is 0 Å². The lowest BCUT2D eigenvalue weighted by atomic mass is 10.1. The van der Waals surface area contributed by atoms with Crippen LogP contribution in [-0.2, 0) is 4.79 Å². The van der Waals surface area contributed by atoms with Gasteiger partial charge in [-0.25, -0.2) is 0 Å². The first-order valence-electron chi connectivity index (χ1n) is 4.31. The Morgan fingerprint density at radius 1 is 1.55 bits per heavy atom. The van der Waals surface area contributed by atoms with Gasteiger partial charge >= 0.3 is 0 Å². The largest absolute Gasteiger partial charge is 0.342 e. The minimum Gasteiger partial charge on any atom is -0.342 e. The van der Waals surface area contributed by atoms with Gasteiger partial charge in [-0.3, -0.25) is 4.79 Å². The molecule has 0 bridgehead atoms. The molecule has 0 saturated carbocycles. The van der Waals surface area contributed by atoms with Gasteiger partial charge in [0.05, 0.1) is 6.04 Å². The molecular weight excluding hydrogens is 140 g/mol. The molecule has 1 aliphatic rings. The summed E-state index contributed by atoms with van der Waals surface area (Å²) < 4.78 is 0. The maximum Gasteiger partial charge on any atom is 0.239 e. The molecule has 0 radical (unpaired) electrons. The molecule has 0 aromatic rings. The Kier molecular flexibility index (Phi) is 2.88. The van der Waals surface area contributed by atoms with E-state index in [2.05, 4.69) is 5.32 Å². The van der Waals surface area contributed by atoms with Gasteiger partial charge in [-0.2, -0.15) is 0 Å². The Bertz CT molecular complexity index is 139. The van der Waals surface area contributed by atoms with E-state index in [1.807, 2.05) is 18.7 Å². The molecule has 3 nitrogen and oxygen atoms in total.